The lowest BCUT2D eigenvalue weighted by Gasteiger charge is -2.09. The van der Waals surface area contributed by atoms with E-state index in [-0.39, 0.29) is 18.5 Å². The molecule has 7 heteroatoms. The van der Waals surface area contributed by atoms with E-state index in [1.165, 1.54) is 19.9 Å². The predicted molar refractivity (Wildman–Crippen MR) is 79.3 cm³/mol. The van der Waals surface area contributed by atoms with E-state index < -0.39 is 13.5 Å². The Morgan fingerprint density at radius 2 is 2.00 bits per heavy atom. The highest BCUT2D eigenvalue weighted by atomic mass is 31.2. The number of nitrogens with one attached hydrogen (secondary N) is 1. The highest BCUT2D eigenvalue weighted by Crippen LogP contribution is 2.41. The monoisotopic (exact) mass is 311 g/mol. The molecule has 0 aromatic heterocycles. The fraction of sp³-hybridized carbons (Fsp3) is 0.286. The van der Waals surface area contributed by atoms with E-state index >= 15 is 0 Å². The molecule has 1 aromatic rings. The Balaban J connectivity index is 2.49. The maximum absolute atomic E-state index is 11.7. The second kappa shape index (κ2) is 8.39. The van der Waals surface area contributed by atoms with E-state index in [1.807, 2.05) is 30.3 Å². The summed E-state index contributed by atoms with van der Waals surface area (Å²) in [5, 5.41) is 2.29. The summed E-state index contributed by atoms with van der Waals surface area (Å²) in [4.78, 5) is 22.4. The maximum Gasteiger partial charge on any atom is 0.412 e. The van der Waals surface area contributed by atoms with Gasteiger partial charge in [-0.15, -0.1) is 0 Å². The zero-order valence-electron chi connectivity index (χ0n) is 11.9. The minimum absolute atomic E-state index is 0.00723. The van der Waals surface area contributed by atoms with Crippen molar-refractivity contribution in [3.63, 3.8) is 0 Å². The van der Waals surface area contributed by atoms with Crippen LogP contribution in [0.5, 0.6) is 0 Å². The van der Waals surface area contributed by atoms with Crippen LogP contribution in [-0.4, -0.2) is 32.3 Å². The van der Waals surface area contributed by atoms with Gasteiger partial charge < -0.3 is 9.26 Å². The van der Waals surface area contributed by atoms with Crippen molar-refractivity contribution in [3.05, 3.63) is 47.7 Å². The average molecular weight is 311 g/mol. The van der Waals surface area contributed by atoms with Crippen LogP contribution in [0, 0.1) is 0 Å². The van der Waals surface area contributed by atoms with Crippen molar-refractivity contribution in [2.75, 3.05) is 19.9 Å². The third-order valence-corrected chi connectivity index (χ3v) is 4.23. The third kappa shape index (κ3) is 6.88. The molecule has 0 radical (unpaired) electrons. The first-order valence-electron chi connectivity index (χ1n) is 6.22. The number of alkyl carbamates (subject to hydrolysis) is 1. The minimum Gasteiger partial charge on any atom is -0.444 e. The molecule has 0 aliphatic rings. The predicted octanol–water partition coefficient (Wildman–Crippen LogP) is 2.55. The van der Waals surface area contributed by atoms with Crippen molar-refractivity contribution in [3.8, 4) is 0 Å². The molecule has 1 atom stereocenters. The van der Waals surface area contributed by atoms with Crippen molar-refractivity contribution in [1.82, 2.24) is 5.32 Å². The van der Waals surface area contributed by atoms with E-state index in [4.69, 9.17) is 9.26 Å². The molecular formula is C14H18NO5P. The standard InChI is InChI=1S/C14H18NO5P/c1-19-21(2,18)9-8-13(10-16)15-14(17)20-11-12-6-4-3-5-7-12/h3-8,10H,9,11H2,1-2H3,(H,15,17)/b13-8-. The molecule has 1 N–H and O–H groups in total. The SMILES string of the molecule is COP(C)(=O)C/C=C(/C=O)NC(=O)OCc1ccccc1. The molecule has 0 aliphatic heterocycles. The van der Waals surface area contributed by atoms with Gasteiger partial charge in [-0.3, -0.25) is 14.7 Å². The van der Waals surface area contributed by atoms with Crippen LogP contribution in [0.25, 0.3) is 0 Å². The summed E-state index contributed by atoms with van der Waals surface area (Å²) in [7, 11) is -1.44. The van der Waals surface area contributed by atoms with Crippen LogP contribution in [0.3, 0.4) is 0 Å². The van der Waals surface area contributed by atoms with E-state index in [9.17, 15) is 14.2 Å². The third-order valence-electron chi connectivity index (χ3n) is 2.62. The Kier molecular flexibility index (Phi) is 6.85. The van der Waals surface area contributed by atoms with Crippen LogP contribution in [0.4, 0.5) is 4.79 Å². The Morgan fingerprint density at radius 1 is 1.33 bits per heavy atom. The first-order valence-corrected chi connectivity index (χ1v) is 8.48. The van der Waals surface area contributed by atoms with Gasteiger partial charge in [0.1, 0.15) is 6.61 Å². The molecule has 1 rings (SSSR count). The van der Waals surface area contributed by atoms with Gasteiger partial charge in [-0.1, -0.05) is 30.3 Å². The smallest absolute Gasteiger partial charge is 0.412 e. The fourth-order valence-corrected chi connectivity index (χ4v) is 2.02. The van der Waals surface area contributed by atoms with Gasteiger partial charge in [0.05, 0.1) is 5.70 Å². The summed E-state index contributed by atoms with van der Waals surface area (Å²) in [6.07, 6.45) is 1.11. The van der Waals surface area contributed by atoms with Crippen LogP contribution in [-0.2, 0) is 25.2 Å². The Bertz CT molecular complexity index is 556. The number of amides is 1. The molecule has 0 saturated heterocycles. The van der Waals surface area contributed by atoms with Crippen molar-refractivity contribution in [1.29, 1.82) is 0 Å². The van der Waals surface area contributed by atoms with Crippen molar-refractivity contribution < 1.29 is 23.4 Å². The highest BCUT2D eigenvalue weighted by Gasteiger charge is 2.13. The highest BCUT2D eigenvalue weighted by molar-refractivity contribution is 7.58. The molecule has 1 unspecified atom stereocenters. The number of rotatable bonds is 7. The van der Waals surface area contributed by atoms with Crippen molar-refractivity contribution in [2.24, 2.45) is 0 Å². The number of carbonyl (C=O) groups excluding carboxylic acids is 2. The minimum atomic E-state index is -2.77. The van der Waals surface area contributed by atoms with Crippen molar-refractivity contribution in [2.45, 2.75) is 6.61 Å². The topological polar surface area (TPSA) is 81.7 Å². The van der Waals surface area contributed by atoms with Gasteiger partial charge in [0, 0.05) is 19.9 Å². The zero-order chi connectivity index (χ0) is 15.7. The molecule has 21 heavy (non-hydrogen) atoms. The van der Waals surface area contributed by atoms with Gasteiger partial charge in [-0.05, 0) is 11.6 Å². The van der Waals surface area contributed by atoms with Gasteiger partial charge in [-0.2, -0.15) is 0 Å². The summed E-state index contributed by atoms with van der Waals surface area (Å²) < 4.78 is 21.4. The molecule has 0 fully saturated rings. The van der Waals surface area contributed by atoms with Crippen LogP contribution in [0.2, 0.25) is 0 Å². The first kappa shape index (κ1) is 17.1. The molecule has 6 nitrogen and oxygen atoms in total. The summed E-state index contributed by atoms with van der Waals surface area (Å²) in [6.45, 7) is 1.54. The van der Waals surface area contributed by atoms with Crippen LogP contribution < -0.4 is 5.32 Å². The van der Waals surface area contributed by atoms with Gasteiger partial charge in [0.25, 0.3) is 0 Å². The van der Waals surface area contributed by atoms with Gasteiger partial charge in [0.15, 0.2) is 6.29 Å². The second-order valence-electron chi connectivity index (χ2n) is 4.34. The number of benzene rings is 1. The summed E-state index contributed by atoms with van der Waals surface area (Å²) in [5.41, 5.74) is 0.828. The number of ether oxygens (including phenoxy) is 1. The molecule has 1 amide bonds. The molecule has 1 aromatic carbocycles. The molecule has 114 valence electrons. The normalized spacial score (nSPS) is 14.1. The largest absolute Gasteiger partial charge is 0.444 e. The van der Waals surface area contributed by atoms with E-state index in [1.54, 1.807) is 0 Å². The van der Waals surface area contributed by atoms with Gasteiger partial charge in [-0.25, -0.2) is 4.79 Å². The van der Waals surface area contributed by atoms with Crippen molar-refractivity contribution >= 4 is 19.7 Å². The van der Waals surface area contributed by atoms with E-state index in [2.05, 4.69) is 5.32 Å². The summed E-state index contributed by atoms with van der Waals surface area (Å²) in [5.74, 6) is 0. The Labute approximate surface area is 123 Å². The molecule has 0 saturated carbocycles. The summed E-state index contributed by atoms with van der Waals surface area (Å²) in [6, 6.07) is 9.15. The lowest BCUT2D eigenvalue weighted by molar-refractivity contribution is -0.105. The molecular weight excluding hydrogens is 293 g/mol. The van der Waals surface area contributed by atoms with Crippen LogP contribution >= 0.6 is 7.37 Å². The molecule has 0 spiro atoms. The van der Waals surface area contributed by atoms with E-state index in [0.717, 1.165) is 5.56 Å². The quantitative estimate of drug-likeness (QED) is 0.475. The summed E-state index contributed by atoms with van der Waals surface area (Å²) >= 11 is 0. The Morgan fingerprint density at radius 3 is 2.57 bits per heavy atom. The maximum atomic E-state index is 11.7. The van der Waals surface area contributed by atoms with Crippen LogP contribution in [0.1, 0.15) is 5.56 Å². The van der Waals surface area contributed by atoms with Gasteiger partial charge >= 0.3 is 6.09 Å². The molecule has 0 aliphatic carbocycles. The number of hydrogen-bond acceptors (Lipinski definition) is 5. The average Bonchev–Trinajstić information content (AvgIpc) is 2.50. The van der Waals surface area contributed by atoms with Gasteiger partial charge in [0.2, 0.25) is 7.37 Å². The lowest BCUT2D eigenvalue weighted by atomic mass is 10.2. The Hall–Kier alpha value is -1.91. The van der Waals surface area contributed by atoms with E-state index in [0.29, 0.717) is 6.29 Å². The number of aldehydes is 1. The first-order chi connectivity index (χ1) is 9.96. The zero-order valence-corrected chi connectivity index (χ0v) is 12.8. The lowest BCUT2D eigenvalue weighted by Crippen LogP contribution is -2.24. The molecule has 0 heterocycles. The number of allylic oxidation sites excluding steroid dienone is 2. The number of hydrogen-bond donors (Lipinski definition) is 1. The second-order valence-corrected chi connectivity index (χ2v) is 7.10. The fourth-order valence-electron chi connectivity index (χ4n) is 1.34. The van der Waals surface area contributed by atoms with Crippen LogP contribution in [0.15, 0.2) is 42.1 Å². The molecule has 0 bridgehead atoms. The number of carbonyl (C=O) groups is 2.